The first kappa shape index (κ1) is 19.1. The number of aromatic nitrogens is 1. The van der Waals surface area contributed by atoms with Gasteiger partial charge in [-0.15, -0.1) is 4.40 Å². The predicted molar refractivity (Wildman–Crippen MR) is 119 cm³/mol. The van der Waals surface area contributed by atoms with Crippen molar-refractivity contribution in [3.63, 3.8) is 0 Å². The summed E-state index contributed by atoms with van der Waals surface area (Å²) >= 11 is 0. The van der Waals surface area contributed by atoms with Gasteiger partial charge in [-0.05, 0) is 30.3 Å². The highest BCUT2D eigenvalue weighted by Crippen LogP contribution is 2.55. The quantitative estimate of drug-likeness (QED) is 0.358. The standard InChI is InChI=1S/C21H16N4O5S/c26-19-14-5-1-3-7-16(14)25(22-11-13-9-10-30-12-13)21(27)18(19)20-23-15-6-2-4-8-17(15)31(28,29)24-20/h1-12,26,28-29H,(H,23,24)/b22-11+. The summed E-state index contributed by atoms with van der Waals surface area (Å²) in [5.74, 6) is -0.490. The van der Waals surface area contributed by atoms with Gasteiger partial charge >= 0.3 is 0 Å². The van der Waals surface area contributed by atoms with E-state index in [-0.39, 0.29) is 22.0 Å². The van der Waals surface area contributed by atoms with E-state index in [9.17, 15) is 19.0 Å². The molecule has 0 unspecified atom stereocenters. The number of rotatable bonds is 3. The van der Waals surface area contributed by atoms with E-state index in [0.717, 1.165) is 4.68 Å². The van der Waals surface area contributed by atoms with Gasteiger partial charge in [-0.25, -0.2) is 0 Å². The SMILES string of the molecule is O=c1c(C2=NS(O)(O)c3ccccc3N2)c(O)c2ccccc2n1/N=C/c1ccoc1. The molecule has 3 heterocycles. The topological polar surface area (TPSA) is 133 Å². The van der Waals surface area contributed by atoms with Crippen LogP contribution in [0.25, 0.3) is 10.9 Å². The van der Waals surface area contributed by atoms with Crippen molar-refractivity contribution >= 4 is 39.4 Å². The second-order valence-corrected chi connectivity index (χ2v) is 8.40. The van der Waals surface area contributed by atoms with Gasteiger partial charge < -0.3 is 14.8 Å². The molecule has 5 rings (SSSR count). The van der Waals surface area contributed by atoms with Crippen LogP contribution in [-0.4, -0.2) is 30.9 Å². The van der Waals surface area contributed by atoms with Crippen LogP contribution in [0.4, 0.5) is 5.69 Å². The maximum absolute atomic E-state index is 13.4. The summed E-state index contributed by atoms with van der Waals surface area (Å²) in [4.78, 5) is 13.6. The molecule has 0 aliphatic carbocycles. The molecule has 0 spiro atoms. The molecule has 0 amide bonds. The van der Waals surface area contributed by atoms with Crippen molar-refractivity contribution in [1.29, 1.82) is 0 Å². The molecule has 4 N–H and O–H groups in total. The molecule has 0 fully saturated rings. The molecule has 1 aliphatic rings. The van der Waals surface area contributed by atoms with Crippen molar-refractivity contribution in [2.75, 3.05) is 5.32 Å². The fourth-order valence-electron chi connectivity index (χ4n) is 3.35. The molecule has 31 heavy (non-hydrogen) atoms. The number of para-hydroxylation sites is 2. The molecule has 4 aromatic rings. The number of anilines is 1. The monoisotopic (exact) mass is 436 g/mol. The first-order chi connectivity index (χ1) is 15.0. The largest absolute Gasteiger partial charge is 0.506 e. The minimum absolute atomic E-state index is 0.154. The molecule has 156 valence electrons. The summed E-state index contributed by atoms with van der Waals surface area (Å²) in [6.45, 7) is 0. The normalized spacial score (nSPS) is 16.0. The van der Waals surface area contributed by atoms with Gasteiger partial charge in [0, 0.05) is 10.9 Å². The zero-order valence-electron chi connectivity index (χ0n) is 15.8. The molecule has 2 aromatic carbocycles. The lowest BCUT2D eigenvalue weighted by atomic mass is 10.1. The van der Waals surface area contributed by atoms with Crippen molar-refractivity contribution in [3.8, 4) is 5.75 Å². The molecule has 9 nitrogen and oxygen atoms in total. The number of furan rings is 1. The Bertz CT molecular complexity index is 1420. The molecule has 0 bridgehead atoms. The van der Waals surface area contributed by atoms with Crippen LogP contribution in [-0.2, 0) is 0 Å². The molecule has 0 saturated carbocycles. The maximum atomic E-state index is 13.4. The Labute approximate surface area is 177 Å². The lowest BCUT2D eigenvalue weighted by Crippen LogP contribution is -2.31. The van der Waals surface area contributed by atoms with E-state index in [1.807, 2.05) is 0 Å². The van der Waals surface area contributed by atoms with Crippen LogP contribution in [0.5, 0.6) is 5.75 Å². The summed E-state index contributed by atoms with van der Waals surface area (Å²) in [6.07, 6.45) is 4.39. The van der Waals surface area contributed by atoms with Crippen LogP contribution in [0.15, 0.2) is 90.7 Å². The van der Waals surface area contributed by atoms with Crippen LogP contribution >= 0.6 is 10.8 Å². The number of fused-ring (bicyclic) bond motifs is 2. The number of hydrogen-bond acceptors (Lipinski definition) is 8. The second-order valence-electron chi connectivity index (χ2n) is 6.74. The van der Waals surface area contributed by atoms with E-state index in [0.29, 0.717) is 22.2 Å². The van der Waals surface area contributed by atoms with Crippen LogP contribution in [0, 0.1) is 0 Å². The van der Waals surface area contributed by atoms with E-state index in [1.54, 1.807) is 48.5 Å². The van der Waals surface area contributed by atoms with Gasteiger partial charge in [0.2, 0.25) is 0 Å². The Morgan fingerprint density at radius 2 is 1.87 bits per heavy atom. The highest BCUT2D eigenvalue weighted by atomic mass is 32.3. The third-order valence-corrected chi connectivity index (χ3v) is 6.17. The third-order valence-electron chi connectivity index (χ3n) is 4.79. The maximum Gasteiger partial charge on any atom is 0.286 e. The van der Waals surface area contributed by atoms with Crippen LogP contribution < -0.4 is 10.9 Å². The van der Waals surface area contributed by atoms with Gasteiger partial charge in [-0.1, -0.05) is 35.0 Å². The van der Waals surface area contributed by atoms with Crippen LogP contribution in [0.1, 0.15) is 11.1 Å². The molecule has 0 radical (unpaired) electrons. The first-order valence-corrected chi connectivity index (χ1v) is 10.6. The van der Waals surface area contributed by atoms with E-state index in [2.05, 4.69) is 14.8 Å². The zero-order valence-corrected chi connectivity index (χ0v) is 16.7. The van der Waals surface area contributed by atoms with Gasteiger partial charge in [0.05, 0.1) is 29.9 Å². The molecule has 1 aliphatic heterocycles. The van der Waals surface area contributed by atoms with Gasteiger partial charge in [0.15, 0.2) is 5.84 Å². The lowest BCUT2D eigenvalue weighted by Gasteiger charge is -2.34. The average molecular weight is 436 g/mol. The van der Waals surface area contributed by atoms with Crippen molar-refractivity contribution in [2.24, 2.45) is 9.50 Å². The van der Waals surface area contributed by atoms with Gasteiger partial charge in [-0.3, -0.25) is 13.9 Å². The Morgan fingerprint density at radius 1 is 1.10 bits per heavy atom. The summed E-state index contributed by atoms with van der Waals surface area (Å²) in [5.41, 5.74) is 0.487. The third kappa shape index (κ3) is 3.19. The van der Waals surface area contributed by atoms with Gasteiger partial charge in [-0.2, -0.15) is 9.78 Å². The average Bonchev–Trinajstić information content (AvgIpc) is 3.27. The van der Waals surface area contributed by atoms with E-state index >= 15 is 0 Å². The number of benzene rings is 2. The molecular weight excluding hydrogens is 420 g/mol. The van der Waals surface area contributed by atoms with E-state index in [1.165, 1.54) is 24.8 Å². The number of amidine groups is 1. The van der Waals surface area contributed by atoms with Gasteiger partial charge in [0.1, 0.15) is 16.2 Å². The minimum atomic E-state index is -3.57. The fraction of sp³-hybridized carbons (Fsp3) is 0. The Balaban J connectivity index is 1.75. The van der Waals surface area contributed by atoms with Crippen LogP contribution in [0.2, 0.25) is 0 Å². The first-order valence-electron chi connectivity index (χ1n) is 9.13. The minimum Gasteiger partial charge on any atom is -0.506 e. The Hall–Kier alpha value is -3.86. The van der Waals surface area contributed by atoms with Crippen molar-refractivity contribution in [1.82, 2.24) is 4.68 Å². The number of nitrogens with one attached hydrogen (secondary N) is 1. The summed E-state index contributed by atoms with van der Waals surface area (Å²) in [7, 11) is -3.57. The van der Waals surface area contributed by atoms with Crippen molar-refractivity contribution in [2.45, 2.75) is 4.90 Å². The van der Waals surface area contributed by atoms with Gasteiger partial charge in [0.25, 0.3) is 5.56 Å². The zero-order chi connectivity index (χ0) is 21.6. The fourth-order valence-corrected chi connectivity index (χ4v) is 4.52. The number of nitrogens with zero attached hydrogens (tertiary/aromatic N) is 3. The van der Waals surface area contributed by atoms with E-state index < -0.39 is 16.3 Å². The second kappa shape index (κ2) is 7.13. The molecule has 2 aromatic heterocycles. The molecular formula is C21H16N4O5S. The lowest BCUT2D eigenvalue weighted by molar-refractivity contribution is 0.478. The molecule has 10 heteroatoms. The van der Waals surface area contributed by atoms with E-state index in [4.69, 9.17) is 4.42 Å². The number of hydrogen-bond donors (Lipinski definition) is 4. The smallest absolute Gasteiger partial charge is 0.286 e. The summed E-state index contributed by atoms with van der Waals surface area (Å²) in [5, 5.41) is 18.5. The Morgan fingerprint density at radius 3 is 2.68 bits per heavy atom. The highest BCUT2D eigenvalue weighted by molar-refractivity contribution is 8.23. The van der Waals surface area contributed by atoms with Crippen molar-refractivity contribution < 1.29 is 18.6 Å². The number of aromatic hydroxyl groups is 1. The summed E-state index contributed by atoms with van der Waals surface area (Å²) < 4.78 is 31.2. The molecule has 0 saturated heterocycles. The highest BCUT2D eigenvalue weighted by Gasteiger charge is 2.30. The summed E-state index contributed by atoms with van der Waals surface area (Å²) in [6, 6.07) is 14.9. The molecule has 0 atom stereocenters. The van der Waals surface area contributed by atoms with Crippen molar-refractivity contribution in [3.05, 3.63) is 88.6 Å². The predicted octanol–water partition coefficient (Wildman–Crippen LogP) is 4.08. The Kier molecular flexibility index (Phi) is 4.40. The number of pyridine rings is 1. The van der Waals surface area contributed by atoms with Crippen LogP contribution in [0.3, 0.4) is 0 Å².